The van der Waals surface area contributed by atoms with Crippen molar-refractivity contribution in [2.24, 2.45) is 0 Å². The van der Waals surface area contributed by atoms with Gasteiger partial charge in [0.2, 0.25) is 5.91 Å². The van der Waals surface area contributed by atoms with Crippen LogP contribution in [0.4, 0.5) is 4.39 Å². The molecule has 0 fully saturated rings. The van der Waals surface area contributed by atoms with Gasteiger partial charge in [0.25, 0.3) is 0 Å². The van der Waals surface area contributed by atoms with E-state index in [-0.39, 0.29) is 24.2 Å². The number of hydrogen-bond acceptors (Lipinski definition) is 2. The topological polar surface area (TPSA) is 40.5 Å². The van der Waals surface area contributed by atoms with Crippen molar-refractivity contribution in [3.05, 3.63) is 71.0 Å². The molecule has 1 atom stereocenters. The molecule has 0 radical (unpaired) electrons. The number of aryl methyl sites for hydroxylation is 1. The highest BCUT2D eigenvalue weighted by molar-refractivity contribution is 5.85. The van der Waals surface area contributed by atoms with Crippen LogP contribution in [0.15, 0.2) is 48.5 Å². The van der Waals surface area contributed by atoms with Crippen LogP contribution in [0.2, 0.25) is 0 Å². The molecule has 2 aromatic carbocycles. The van der Waals surface area contributed by atoms with E-state index in [9.17, 15) is 9.18 Å². The van der Waals surface area contributed by atoms with Crippen LogP contribution in [0.5, 0.6) is 0 Å². The molecule has 1 N–H and O–H groups in total. The van der Waals surface area contributed by atoms with E-state index < -0.39 is 0 Å². The molecule has 0 bridgehead atoms. The van der Waals surface area contributed by atoms with Gasteiger partial charge in [-0.25, -0.2) is 4.39 Å². The van der Waals surface area contributed by atoms with Gasteiger partial charge in [0.15, 0.2) is 0 Å². The quantitative estimate of drug-likeness (QED) is 0.885. The molecule has 0 aromatic heterocycles. The Morgan fingerprint density at radius 2 is 1.92 bits per heavy atom. The smallest absolute Gasteiger partial charge is 0.230 e. The molecule has 0 spiro atoms. The van der Waals surface area contributed by atoms with Gasteiger partial charge >= 0.3 is 0 Å². The first-order valence-electron chi connectivity index (χ1n) is 8.41. The lowest BCUT2D eigenvalue weighted by Crippen LogP contribution is -2.35. The fourth-order valence-corrected chi connectivity index (χ4v) is 3.37. The Balaban J connectivity index is 1.78. The first kappa shape index (κ1) is 16.7. The summed E-state index contributed by atoms with van der Waals surface area (Å²) in [5.41, 5.74) is 3.27. The predicted octanol–water partition coefficient (Wildman–Crippen LogP) is 3.27. The van der Waals surface area contributed by atoms with Crippen LogP contribution in [0, 0.1) is 5.82 Å². The maximum atomic E-state index is 13.1. The van der Waals surface area contributed by atoms with Crippen LogP contribution in [0.1, 0.15) is 35.4 Å². The molecule has 1 aliphatic carbocycles. The van der Waals surface area contributed by atoms with Crippen LogP contribution in [-0.4, -0.2) is 29.1 Å². The van der Waals surface area contributed by atoms with E-state index in [1.165, 1.54) is 17.7 Å². The lowest BCUT2D eigenvalue weighted by Gasteiger charge is -2.26. The summed E-state index contributed by atoms with van der Waals surface area (Å²) in [6.07, 6.45) is 2.30. The molecular formula is C20H22FNO2. The summed E-state index contributed by atoms with van der Waals surface area (Å²) in [6.45, 7) is 0.998. The van der Waals surface area contributed by atoms with Crippen molar-refractivity contribution < 1.29 is 14.3 Å². The van der Waals surface area contributed by atoms with Gasteiger partial charge in [-0.05, 0) is 48.1 Å². The van der Waals surface area contributed by atoms with Gasteiger partial charge in [-0.2, -0.15) is 0 Å². The highest BCUT2D eigenvalue weighted by Crippen LogP contribution is 2.34. The molecule has 4 heteroatoms. The lowest BCUT2D eigenvalue weighted by molar-refractivity contribution is -0.133. The lowest BCUT2D eigenvalue weighted by atomic mass is 9.99. The minimum Gasteiger partial charge on any atom is -0.396 e. The van der Waals surface area contributed by atoms with Crippen molar-refractivity contribution in [3.8, 4) is 0 Å². The maximum absolute atomic E-state index is 13.1. The molecule has 1 aliphatic rings. The van der Waals surface area contributed by atoms with Crippen molar-refractivity contribution in [1.82, 2.24) is 4.90 Å². The standard InChI is InChI=1S/C20H22FNO2/c21-17-9-6-15(7-10-17)14-22(12-3-13-23)20(24)19-11-8-16-4-1-2-5-18(16)19/h1-2,4-7,9-10,19,23H,3,8,11-14H2. The number of aliphatic hydroxyl groups is 1. The molecule has 0 aliphatic heterocycles. The summed E-state index contributed by atoms with van der Waals surface area (Å²) < 4.78 is 13.1. The van der Waals surface area contributed by atoms with Gasteiger partial charge in [-0.3, -0.25) is 4.79 Å². The van der Waals surface area contributed by atoms with E-state index in [2.05, 4.69) is 6.07 Å². The fourth-order valence-electron chi connectivity index (χ4n) is 3.37. The van der Waals surface area contributed by atoms with Gasteiger partial charge < -0.3 is 10.0 Å². The number of hydrogen-bond donors (Lipinski definition) is 1. The second-order valence-corrected chi connectivity index (χ2v) is 6.25. The average Bonchev–Trinajstić information content (AvgIpc) is 3.04. The second kappa shape index (κ2) is 7.58. The summed E-state index contributed by atoms with van der Waals surface area (Å²) >= 11 is 0. The average molecular weight is 327 g/mol. The largest absolute Gasteiger partial charge is 0.396 e. The third-order valence-electron chi connectivity index (χ3n) is 4.62. The molecule has 3 nitrogen and oxygen atoms in total. The van der Waals surface area contributed by atoms with E-state index in [4.69, 9.17) is 5.11 Å². The van der Waals surface area contributed by atoms with E-state index in [1.54, 1.807) is 17.0 Å². The number of nitrogens with zero attached hydrogens (tertiary/aromatic N) is 1. The first-order chi connectivity index (χ1) is 11.7. The van der Waals surface area contributed by atoms with Crippen LogP contribution in [0.25, 0.3) is 0 Å². The molecule has 0 heterocycles. The maximum Gasteiger partial charge on any atom is 0.230 e. The zero-order valence-corrected chi connectivity index (χ0v) is 13.6. The Kier molecular flexibility index (Phi) is 5.26. The SMILES string of the molecule is O=C(C1CCc2ccccc21)N(CCCO)Cc1ccc(F)cc1. The first-order valence-corrected chi connectivity index (χ1v) is 8.41. The molecule has 0 saturated carbocycles. The minimum atomic E-state index is -0.281. The summed E-state index contributed by atoms with van der Waals surface area (Å²) in [6, 6.07) is 14.3. The molecule has 3 rings (SSSR count). The Bertz CT molecular complexity index is 699. The van der Waals surface area contributed by atoms with Crippen LogP contribution >= 0.6 is 0 Å². The van der Waals surface area contributed by atoms with Gasteiger partial charge in [0.1, 0.15) is 5.82 Å². The van der Waals surface area contributed by atoms with Gasteiger partial charge in [0.05, 0.1) is 5.92 Å². The van der Waals surface area contributed by atoms with Crippen molar-refractivity contribution >= 4 is 5.91 Å². The highest BCUT2D eigenvalue weighted by atomic mass is 19.1. The normalized spacial score (nSPS) is 16.0. The molecule has 126 valence electrons. The van der Waals surface area contributed by atoms with E-state index in [0.29, 0.717) is 19.5 Å². The summed E-state index contributed by atoms with van der Waals surface area (Å²) in [5.74, 6) is -0.297. The molecule has 1 amide bonds. The third-order valence-corrected chi connectivity index (χ3v) is 4.62. The summed E-state index contributed by atoms with van der Waals surface area (Å²) in [4.78, 5) is 14.8. The number of fused-ring (bicyclic) bond motifs is 1. The fraction of sp³-hybridized carbons (Fsp3) is 0.350. The van der Waals surface area contributed by atoms with Crippen molar-refractivity contribution in [1.29, 1.82) is 0 Å². The molecular weight excluding hydrogens is 305 g/mol. The van der Waals surface area contributed by atoms with E-state index in [1.807, 2.05) is 18.2 Å². The number of carbonyl (C=O) groups is 1. The van der Waals surface area contributed by atoms with Gasteiger partial charge in [-0.15, -0.1) is 0 Å². The Morgan fingerprint density at radius 1 is 1.17 bits per heavy atom. The minimum absolute atomic E-state index is 0.0501. The Morgan fingerprint density at radius 3 is 2.67 bits per heavy atom. The number of benzene rings is 2. The zero-order valence-electron chi connectivity index (χ0n) is 13.6. The molecule has 0 saturated heterocycles. The summed E-state index contributed by atoms with van der Waals surface area (Å²) in [7, 11) is 0. The highest BCUT2D eigenvalue weighted by Gasteiger charge is 2.31. The Hall–Kier alpha value is -2.20. The number of carbonyl (C=O) groups excluding carboxylic acids is 1. The second-order valence-electron chi connectivity index (χ2n) is 6.25. The Labute approximate surface area is 141 Å². The summed E-state index contributed by atoms with van der Waals surface area (Å²) in [5, 5.41) is 9.13. The van der Waals surface area contributed by atoms with Crippen LogP contribution in [0.3, 0.4) is 0 Å². The van der Waals surface area contributed by atoms with Gasteiger partial charge in [-0.1, -0.05) is 36.4 Å². The van der Waals surface area contributed by atoms with E-state index >= 15 is 0 Å². The molecule has 24 heavy (non-hydrogen) atoms. The molecule has 2 aromatic rings. The van der Waals surface area contributed by atoms with Crippen LogP contribution < -0.4 is 0 Å². The van der Waals surface area contributed by atoms with Crippen molar-refractivity contribution in [2.45, 2.75) is 31.7 Å². The van der Waals surface area contributed by atoms with Crippen molar-refractivity contribution in [3.63, 3.8) is 0 Å². The predicted molar refractivity (Wildman–Crippen MR) is 91.0 cm³/mol. The number of aliphatic hydroxyl groups excluding tert-OH is 1. The number of halogens is 1. The number of amides is 1. The molecule has 1 unspecified atom stereocenters. The van der Waals surface area contributed by atoms with Crippen LogP contribution in [-0.2, 0) is 17.8 Å². The van der Waals surface area contributed by atoms with Crippen molar-refractivity contribution in [2.75, 3.05) is 13.2 Å². The number of rotatable bonds is 6. The van der Waals surface area contributed by atoms with E-state index in [0.717, 1.165) is 24.0 Å². The monoisotopic (exact) mass is 327 g/mol. The third kappa shape index (κ3) is 3.65. The zero-order chi connectivity index (χ0) is 16.9. The van der Waals surface area contributed by atoms with Gasteiger partial charge in [0, 0.05) is 19.7 Å².